The van der Waals surface area contributed by atoms with Crippen molar-refractivity contribution in [3.8, 4) is 0 Å². The number of hydrogen-bond donors (Lipinski definition) is 2. The molecule has 0 aliphatic heterocycles. The maximum atomic E-state index is 6.05. The third-order valence-electron chi connectivity index (χ3n) is 3.78. The van der Waals surface area contributed by atoms with Crippen molar-refractivity contribution in [1.82, 2.24) is 5.32 Å². The monoisotopic (exact) mass is 266 g/mol. The van der Waals surface area contributed by atoms with Gasteiger partial charge in [-0.25, -0.2) is 0 Å². The standard InChI is InChI=1S/C15H23ClN2/c16-13-7-5-6-12(10-13)15(11-17)18-14-8-3-1-2-4-9-14/h5-7,10,14-15,18H,1-4,8-9,11,17H2. The number of halogens is 1. The highest BCUT2D eigenvalue weighted by Crippen LogP contribution is 2.22. The van der Waals surface area contributed by atoms with E-state index in [-0.39, 0.29) is 6.04 Å². The number of benzene rings is 1. The van der Waals surface area contributed by atoms with Crippen molar-refractivity contribution < 1.29 is 0 Å². The zero-order valence-electron chi connectivity index (χ0n) is 10.9. The predicted octanol–water partition coefficient (Wildman–Crippen LogP) is 3.65. The lowest BCUT2D eigenvalue weighted by molar-refractivity contribution is 0.402. The van der Waals surface area contributed by atoms with Crippen LogP contribution in [0.1, 0.15) is 50.1 Å². The topological polar surface area (TPSA) is 38.0 Å². The second-order valence-electron chi connectivity index (χ2n) is 5.20. The number of nitrogens with one attached hydrogen (secondary N) is 1. The molecule has 0 amide bonds. The van der Waals surface area contributed by atoms with E-state index in [0.29, 0.717) is 12.6 Å². The molecule has 1 aromatic rings. The average Bonchev–Trinajstić information content (AvgIpc) is 2.64. The summed E-state index contributed by atoms with van der Waals surface area (Å²) < 4.78 is 0. The van der Waals surface area contributed by atoms with Crippen LogP contribution in [-0.4, -0.2) is 12.6 Å². The SMILES string of the molecule is NCC(NC1CCCCCC1)c1cccc(Cl)c1. The van der Waals surface area contributed by atoms with Crippen LogP contribution in [0.5, 0.6) is 0 Å². The van der Waals surface area contributed by atoms with E-state index < -0.39 is 0 Å². The smallest absolute Gasteiger partial charge is 0.0447 e. The summed E-state index contributed by atoms with van der Waals surface area (Å²) in [7, 11) is 0. The van der Waals surface area contributed by atoms with Crippen LogP contribution in [0.15, 0.2) is 24.3 Å². The summed E-state index contributed by atoms with van der Waals surface area (Å²) >= 11 is 6.05. The van der Waals surface area contributed by atoms with E-state index in [2.05, 4.69) is 11.4 Å². The quantitative estimate of drug-likeness (QED) is 0.817. The summed E-state index contributed by atoms with van der Waals surface area (Å²) in [4.78, 5) is 0. The summed E-state index contributed by atoms with van der Waals surface area (Å²) in [6, 6.07) is 8.86. The maximum absolute atomic E-state index is 6.05. The van der Waals surface area contributed by atoms with Crippen LogP contribution in [0, 0.1) is 0 Å². The van der Waals surface area contributed by atoms with Gasteiger partial charge in [0, 0.05) is 23.7 Å². The van der Waals surface area contributed by atoms with E-state index in [1.807, 2.05) is 18.2 Å². The molecular weight excluding hydrogens is 244 g/mol. The van der Waals surface area contributed by atoms with Crippen LogP contribution in [0.4, 0.5) is 0 Å². The summed E-state index contributed by atoms with van der Waals surface area (Å²) in [6.45, 7) is 0.622. The first-order valence-electron chi connectivity index (χ1n) is 7.01. The Bertz CT molecular complexity index is 359. The van der Waals surface area contributed by atoms with E-state index >= 15 is 0 Å². The molecule has 2 nitrogen and oxygen atoms in total. The Hall–Kier alpha value is -0.570. The van der Waals surface area contributed by atoms with Gasteiger partial charge in [-0.3, -0.25) is 0 Å². The van der Waals surface area contributed by atoms with Gasteiger partial charge in [0.25, 0.3) is 0 Å². The summed E-state index contributed by atoms with van der Waals surface area (Å²) in [6.07, 6.45) is 7.98. The molecule has 1 fully saturated rings. The molecular formula is C15H23ClN2. The minimum absolute atomic E-state index is 0.229. The molecule has 0 spiro atoms. The van der Waals surface area contributed by atoms with Crippen LogP contribution >= 0.6 is 11.6 Å². The van der Waals surface area contributed by atoms with Gasteiger partial charge in [-0.15, -0.1) is 0 Å². The second kappa shape index (κ2) is 7.13. The molecule has 0 aromatic heterocycles. The summed E-state index contributed by atoms with van der Waals surface area (Å²) in [5, 5.41) is 4.49. The first-order valence-corrected chi connectivity index (χ1v) is 7.39. The molecule has 1 saturated carbocycles. The van der Waals surface area contributed by atoms with Crippen LogP contribution in [-0.2, 0) is 0 Å². The fourth-order valence-corrected chi connectivity index (χ4v) is 2.95. The second-order valence-corrected chi connectivity index (χ2v) is 5.63. The molecule has 100 valence electrons. The van der Waals surface area contributed by atoms with Crippen LogP contribution in [0.2, 0.25) is 5.02 Å². The lowest BCUT2D eigenvalue weighted by atomic mass is 10.0. The first-order chi connectivity index (χ1) is 8.79. The number of hydrogen-bond acceptors (Lipinski definition) is 2. The molecule has 2 rings (SSSR count). The van der Waals surface area contributed by atoms with Gasteiger partial charge < -0.3 is 11.1 Å². The zero-order chi connectivity index (χ0) is 12.8. The Morgan fingerprint density at radius 3 is 2.56 bits per heavy atom. The van der Waals surface area contributed by atoms with Crippen molar-refractivity contribution in [3.63, 3.8) is 0 Å². The molecule has 18 heavy (non-hydrogen) atoms. The number of nitrogens with two attached hydrogens (primary N) is 1. The van der Waals surface area contributed by atoms with Crippen molar-refractivity contribution in [2.75, 3.05) is 6.54 Å². The highest BCUT2D eigenvalue weighted by Gasteiger charge is 2.17. The highest BCUT2D eigenvalue weighted by atomic mass is 35.5. The van der Waals surface area contributed by atoms with Gasteiger partial charge in [-0.05, 0) is 30.5 Å². The van der Waals surface area contributed by atoms with Crippen LogP contribution in [0.3, 0.4) is 0 Å². The van der Waals surface area contributed by atoms with Crippen molar-refractivity contribution >= 4 is 11.6 Å². The number of rotatable bonds is 4. The van der Waals surface area contributed by atoms with Gasteiger partial charge in [0.2, 0.25) is 0 Å². The molecule has 3 N–H and O–H groups in total. The molecule has 0 saturated heterocycles. The van der Waals surface area contributed by atoms with Crippen molar-refractivity contribution in [2.24, 2.45) is 5.73 Å². The van der Waals surface area contributed by atoms with Gasteiger partial charge in [0.15, 0.2) is 0 Å². The van der Waals surface area contributed by atoms with Gasteiger partial charge in [-0.2, -0.15) is 0 Å². The largest absolute Gasteiger partial charge is 0.329 e. The lowest BCUT2D eigenvalue weighted by Crippen LogP contribution is -2.36. The van der Waals surface area contributed by atoms with Gasteiger partial charge in [-0.1, -0.05) is 49.4 Å². The van der Waals surface area contributed by atoms with E-state index in [4.69, 9.17) is 17.3 Å². The normalized spacial score (nSPS) is 19.4. The Labute approximate surface area is 115 Å². The summed E-state index contributed by atoms with van der Waals surface area (Å²) in [5.74, 6) is 0. The minimum atomic E-state index is 0.229. The molecule has 1 aromatic carbocycles. The average molecular weight is 267 g/mol. The molecule has 1 aliphatic carbocycles. The van der Waals surface area contributed by atoms with Gasteiger partial charge >= 0.3 is 0 Å². The molecule has 0 radical (unpaired) electrons. The Balaban J connectivity index is 1.99. The van der Waals surface area contributed by atoms with Crippen LogP contribution in [0.25, 0.3) is 0 Å². The summed E-state index contributed by atoms with van der Waals surface area (Å²) in [5.41, 5.74) is 7.11. The van der Waals surface area contributed by atoms with Gasteiger partial charge in [0.05, 0.1) is 0 Å². The first kappa shape index (κ1) is 13.9. The Morgan fingerprint density at radius 1 is 1.22 bits per heavy atom. The van der Waals surface area contributed by atoms with E-state index in [1.165, 1.54) is 44.1 Å². The third kappa shape index (κ3) is 3.98. The lowest BCUT2D eigenvalue weighted by Gasteiger charge is -2.24. The Morgan fingerprint density at radius 2 is 1.94 bits per heavy atom. The molecule has 1 unspecified atom stereocenters. The van der Waals surface area contributed by atoms with Crippen molar-refractivity contribution in [1.29, 1.82) is 0 Å². The molecule has 0 heterocycles. The van der Waals surface area contributed by atoms with E-state index in [0.717, 1.165) is 5.02 Å². The molecule has 1 aliphatic rings. The van der Waals surface area contributed by atoms with Gasteiger partial charge in [0.1, 0.15) is 0 Å². The van der Waals surface area contributed by atoms with E-state index in [9.17, 15) is 0 Å². The fraction of sp³-hybridized carbons (Fsp3) is 0.600. The van der Waals surface area contributed by atoms with E-state index in [1.54, 1.807) is 0 Å². The Kier molecular flexibility index (Phi) is 5.48. The highest BCUT2D eigenvalue weighted by molar-refractivity contribution is 6.30. The molecule has 1 atom stereocenters. The van der Waals surface area contributed by atoms with Crippen LogP contribution < -0.4 is 11.1 Å². The zero-order valence-corrected chi connectivity index (χ0v) is 11.6. The molecule has 0 bridgehead atoms. The predicted molar refractivity (Wildman–Crippen MR) is 77.9 cm³/mol. The third-order valence-corrected chi connectivity index (χ3v) is 4.01. The van der Waals surface area contributed by atoms with Crippen molar-refractivity contribution in [2.45, 2.75) is 50.6 Å². The van der Waals surface area contributed by atoms with Crippen molar-refractivity contribution in [3.05, 3.63) is 34.9 Å². The maximum Gasteiger partial charge on any atom is 0.0447 e. The molecule has 3 heteroatoms. The fourth-order valence-electron chi connectivity index (χ4n) is 2.75. The minimum Gasteiger partial charge on any atom is -0.329 e.